The van der Waals surface area contributed by atoms with Crippen molar-refractivity contribution in [3.63, 3.8) is 0 Å². The number of rotatable bonds is 1. The summed E-state index contributed by atoms with van der Waals surface area (Å²) in [6.07, 6.45) is 11.1. The van der Waals surface area contributed by atoms with E-state index in [1.165, 1.54) is 32.1 Å². The van der Waals surface area contributed by atoms with E-state index in [9.17, 15) is 0 Å². The van der Waals surface area contributed by atoms with E-state index in [1.807, 2.05) is 0 Å². The van der Waals surface area contributed by atoms with Gasteiger partial charge in [0.15, 0.2) is 0 Å². The first-order valence-electron chi connectivity index (χ1n) is 6.38. The van der Waals surface area contributed by atoms with E-state index in [0.717, 1.165) is 30.9 Å². The Bertz CT molecular complexity index is 164. The van der Waals surface area contributed by atoms with Gasteiger partial charge in [-0.05, 0) is 38.5 Å². The summed E-state index contributed by atoms with van der Waals surface area (Å²) in [6, 6.07) is 0. The fourth-order valence-corrected chi connectivity index (χ4v) is 3.71. The Hall–Kier alpha value is 1.01. The summed E-state index contributed by atoms with van der Waals surface area (Å²) in [6.45, 7) is 0. The maximum Gasteiger partial charge on any atom is 0.0541 e. The lowest BCUT2D eigenvalue weighted by Gasteiger charge is -2.22. The second-order valence-electron chi connectivity index (χ2n) is 4.83. The van der Waals surface area contributed by atoms with Gasteiger partial charge in [0, 0.05) is 10.5 Å². The Labute approximate surface area is 114 Å². The van der Waals surface area contributed by atoms with Gasteiger partial charge in [0.1, 0.15) is 0 Å². The molecule has 1 N–H and O–H groups in total. The molecule has 0 radical (unpaired) electrons. The van der Waals surface area contributed by atoms with Crippen molar-refractivity contribution in [3.8, 4) is 0 Å². The highest BCUT2D eigenvalue weighted by molar-refractivity contribution is 8.68. The third-order valence-electron chi connectivity index (χ3n) is 3.37. The number of aliphatic hydroxyl groups is 1. The van der Waals surface area contributed by atoms with Crippen LogP contribution in [0.3, 0.4) is 0 Å². The minimum atomic E-state index is -0.0262. The van der Waals surface area contributed by atoms with Gasteiger partial charge in [-0.15, -0.1) is 11.7 Å². The minimum Gasteiger partial charge on any atom is -0.393 e. The average Bonchev–Trinajstić information content (AvgIpc) is 2.32. The Balaban J connectivity index is 0.000000165. The molecule has 0 spiro atoms. The predicted octanol–water partition coefficient (Wildman–Crippen LogP) is 4.12. The molecule has 96 valence electrons. The molecule has 0 saturated heterocycles. The quantitative estimate of drug-likeness (QED) is 0.496. The zero-order valence-corrected chi connectivity index (χ0v) is 12.5. The third-order valence-corrected chi connectivity index (χ3v) is 5.55. The van der Waals surface area contributed by atoms with Crippen LogP contribution >= 0.6 is 35.1 Å². The summed E-state index contributed by atoms with van der Waals surface area (Å²) in [7, 11) is 1.63. The van der Waals surface area contributed by atoms with Gasteiger partial charge in [0.2, 0.25) is 0 Å². The maximum absolute atomic E-state index is 9.09. The standard InChI is InChI=1S/C6H12OS2.C6H12S/c7-5-1-3-6(9-8)4-2-5;7-6-4-2-1-3-5-6/h5-8H,1-4H2;6-7H,1-5H2. The Morgan fingerprint density at radius 2 is 1.44 bits per heavy atom. The van der Waals surface area contributed by atoms with Crippen molar-refractivity contribution in [2.45, 2.75) is 74.4 Å². The first-order chi connectivity index (χ1) is 7.72. The van der Waals surface area contributed by atoms with Crippen LogP contribution in [0.4, 0.5) is 0 Å². The van der Waals surface area contributed by atoms with Gasteiger partial charge in [-0.3, -0.25) is 0 Å². The predicted molar refractivity (Wildman–Crippen MR) is 80.7 cm³/mol. The Kier molecular flexibility index (Phi) is 8.48. The lowest BCUT2D eigenvalue weighted by atomic mass is 9.98. The largest absolute Gasteiger partial charge is 0.393 e. The van der Waals surface area contributed by atoms with E-state index < -0.39 is 0 Å². The van der Waals surface area contributed by atoms with Gasteiger partial charge in [-0.25, -0.2) is 0 Å². The summed E-state index contributed by atoms with van der Waals surface area (Å²) < 4.78 is 0. The molecule has 0 aliphatic heterocycles. The average molecular weight is 281 g/mol. The van der Waals surface area contributed by atoms with Crippen LogP contribution in [-0.4, -0.2) is 21.7 Å². The van der Waals surface area contributed by atoms with Crippen LogP contribution in [0.1, 0.15) is 57.8 Å². The number of hydrogen-bond acceptors (Lipinski definition) is 4. The summed E-state index contributed by atoms with van der Waals surface area (Å²) in [5, 5.41) is 10.5. The summed E-state index contributed by atoms with van der Waals surface area (Å²) in [5.41, 5.74) is 0. The van der Waals surface area contributed by atoms with E-state index in [4.69, 9.17) is 5.11 Å². The van der Waals surface area contributed by atoms with Crippen LogP contribution in [0.15, 0.2) is 0 Å². The van der Waals surface area contributed by atoms with Gasteiger partial charge in [0.05, 0.1) is 6.10 Å². The molecule has 0 bridgehead atoms. The number of thiol groups is 2. The highest BCUT2D eigenvalue weighted by Gasteiger charge is 2.18. The highest BCUT2D eigenvalue weighted by Crippen LogP contribution is 2.30. The van der Waals surface area contributed by atoms with Crippen molar-refractivity contribution in [3.05, 3.63) is 0 Å². The van der Waals surface area contributed by atoms with Crippen molar-refractivity contribution >= 4 is 35.1 Å². The molecule has 2 rings (SSSR count). The van der Waals surface area contributed by atoms with Crippen LogP contribution in [0.25, 0.3) is 0 Å². The molecular weight excluding hydrogens is 256 g/mol. The molecule has 0 aromatic rings. The van der Waals surface area contributed by atoms with Crippen LogP contribution in [-0.2, 0) is 0 Å². The summed E-state index contributed by atoms with van der Waals surface area (Å²) in [4.78, 5) is 0. The molecule has 0 aromatic carbocycles. The molecule has 0 amide bonds. The summed E-state index contributed by atoms with van der Waals surface area (Å²) >= 11 is 8.49. The Morgan fingerprint density at radius 3 is 1.81 bits per heavy atom. The maximum atomic E-state index is 9.09. The molecular formula is C12H24OS3. The van der Waals surface area contributed by atoms with Gasteiger partial charge >= 0.3 is 0 Å². The van der Waals surface area contributed by atoms with E-state index in [-0.39, 0.29) is 6.10 Å². The van der Waals surface area contributed by atoms with Crippen molar-refractivity contribution in [2.75, 3.05) is 0 Å². The van der Waals surface area contributed by atoms with Crippen molar-refractivity contribution < 1.29 is 5.11 Å². The molecule has 4 heteroatoms. The van der Waals surface area contributed by atoms with E-state index in [1.54, 1.807) is 10.8 Å². The molecule has 0 atom stereocenters. The molecule has 2 aliphatic carbocycles. The first-order valence-corrected chi connectivity index (χ1v) is 8.83. The van der Waals surface area contributed by atoms with Crippen molar-refractivity contribution in [1.29, 1.82) is 0 Å². The van der Waals surface area contributed by atoms with Crippen molar-refractivity contribution in [1.82, 2.24) is 0 Å². The molecule has 16 heavy (non-hydrogen) atoms. The second-order valence-corrected chi connectivity index (χ2v) is 7.07. The fourth-order valence-electron chi connectivity index (χ4n) is 2.23. The van der Waals surface area contributed by atoms with E-state index in [2.05, 4.69) is 24.3 Å². The molecule has 2 aliphatic rings. The van der Waals surface area contributed by atoms with Gasteiger partial charge in [0.25, 0.3) is 0 Å². The molecule has 1 nitrogen and oxygen atoms in total. The third kappa shape index (κ3) is 6.67. The number of hydrogen-bond donors (Lipinski definition) is 3. The SMILES string of the molecule is OC1CCC(SS)CC1.SC1CCCCC1. The van der Waals surface area contributed by atoms with E-state index in [0.29, 0.717) is 5.25 Å². The lowest BCUT2D eigenvalue weighted by molar-refractivity contribution is 0.132. The lowest BCUT2D eigenvalue weighted by Crippen LogP contribution is -2.18. The van der Waals surface area contributed by atoms with Crippen LogP contribution in [0.5, 0.6) is 0 Å². The fraction of sp³-hybridized carbons (Fsp3) is 1.00. The van der Waals surface area contributed by atoms with Crippen LogP contribution in [0.2, 0.25) is 0 Å². The second kappa shape index (κ2) is 9.01. The van der Waals surface area contributed by atoms with Gasteiger partial charge < -0.3 is 5.11 Å². The smallest absolute Gasteiger partial charge is 0.0541 e. The van der Waals surface area contributed by atoms with Crippen LogP contribution < -0.4 is 0 Å². The Morgan fingerprint density at radius 1 is 0.875 bits per heavy atom. The number of aliphatic hydroxyl groups excluding tert-OH is 1. The van der Waals surface area contributed by atoms with Gasteiger partial charge in [-0.2, -0.15) is 12.6 Å². The highest BCUT2D eigenvalue weighted by atomic mass is 33.1. The van der Waals surface area contributed by atoms with Crippen LogP contribution in [0, 0.1) is 0 Å². The first kappa shape index (κ1) is 15.1. The monoisotopic (exact) mass is 280 g/mol. The molecule has 0 unspecified atom stereocenters. The van der Waals surface area contributed by atoms with Gasteiger partial charge in [-0.1, -0.05) is 30.1 Å². The van der Waals surface area contributed by atoms with E-state index >= 15 is 0 Å². The topological polar surface area (TPSA) is 20.2 Å². The normalized spacial score (nSPS) is 31.7. The molecule has 0 heterocycles. The minimum absolute atomic E-state index is 0.0262. The molecule has 0 aromatic heterocycles. The zero-order chi connectivity index (χ0) is 11.8. The summed E-state index contributed by atoms with van der Waals surface area (Å²) in [5.74, 6) is 0. The zero-order valence-electron chi connectivity index (χ0n) is 9.85. The molecule has 2 fully saturated rings. The molecule has 2 saturated carbocycles. The van der Waals surface area contributed by atoms with Crippen molar-refractivity contribution in [2.24, 2.45) is 0 Å².